The third-order valence-electron chi connectivity index (χ3n) is 7.61. The Bertz CT molecular complexity index is 1100. The maximum atomic E-state index is 13.7. The van der Waals surface area contributed by atoms with Crippen LogP contribution in [0.3, 0.4) is 0 Å². The summed E-state index contributed by atoms with van der Waals surface area (Å²) in [5, 5.41) is 22.5. The van der Waals surface area contributed by atoms with Crippen LogP contribution in [0.5, 0.6) is 11.5 Å². The summed E-state index contributed by atoms with van der Waals surface area (Å²) in [5.74, 6) is -0.586. The number of phenolic OH excluding ortho intramolecular Hbond substituents is 2. The van der Waals surface area contributed by atoms with Crippen molar-refractivity contribution in [3.63, 3.8) is 0 Å². The van der Waals surface area contributed by atoms with E-state index in [0.29, 0.717) is 24.3 Å². The number of carbonyl (C=O) groups excluding carboxylic acids is 2. The van der Waals surface area contributed by atoms with Crippen LogP contribution in [0, 0.1) is 5.92 Å². The summed E-state index contributed by atoms with van der Waals surface area (Å²) in [7, 11) is 0. The van der Waals surface area contributed by atoms with Gasteiger partial charge in [-0.15, -0.1) is 0 Å². The molecule has 0 bridgehead atoms. The predicted molar refractivity (Wildman–Crippen MR) is 168 cm³/mol. The van der Waals surface area contributed by atoms with Crippen LogP contribution in [0.15, 0.2) is 24.3 Å². The van der Waals surface area contributed by atoms with E-state index in [2.05, 4.69) is 83.1 Å². The summed E-state index contributed by atoms with van der Waals surface area (Å²) in [6.45, 7) is 26.8. The van der Waals surface area contributed by atoms with Crippen molar-refractivity contribution in [1.29, 1.82) is 0 Å². The summed E-state index contributed by atoms with van der Waals surface area (Å²) in [4.78, 5) is 26.1. The second-order valence-corrected chi connectivity index (χ2v) is 15.6. The number of benzene rings is 2. The maximum absolute atomic E-state index is 13.7. The molecule has 2 rings (SSSR count). The van der Waals surface area contributed by atoms with Crippen molar-refractivity contribution in [2.24, 2.45) is 5.92 Å². The highest BCUT2D eigenvalue weighted by atomic mass is 16.5. The second-order valence-electron chi connectivity index (χ2n) is 15.6. The van der Waals surface area contributed by atoms with Crippen LogP contribution >= 0.6 is 0 Å². The zero-order valence-corrected chi connectivity index (χ0v) is 27.8. The zero-order valence-electron chi connectivity index (χ0n) is 27.8. The smallest absolute Gasteiger partial charge is 0.313 e. The van der Waals surface area contributed by atoms with E-state index in [9.17, 15) is 19.8 Å². The van der Waals surface area contributed by atoms with Crippen LogP contribution in [-0.4, -0.2) is 28.6 Å². The number of esters is 1. The lowest BCUT2D eigenvalue weighted by Gasteiger charge is -2.30. The molecule has 0 unspecified atom stereocenters. The van der Waals surface area contributed by atoms with Gasteiger partial charge in [0.15, 0.2) is 0 Å². The summed E-state index contributed by atoms with van der Waals surface area (Å²) in [5.41, 5.74) is 4.05. The molecule has 2 aromatic rings. The first kappa shape index (κ1) is 34.4. The van der Waals surface area contributed by atoms with Crippen LogP contribution in [0.2, 0.25) is 0 Å². The van der Waals surface area contributed by atoms with Gasteiger partial charge in [0.2, 0.25) is 0 Å². The van der Waals surface area contributed by atoms with E-state index >= 15 is 0 Å². The molecule has 0 aliphatic heterocycles. The minimum absolute atomic E-state index is 0.172. The zero-order chi connectivity index (χ0) is 31.7. The van der Waals surface area contributed by atoms with Gasteiger partial charge in [0.25, 0.3) is 0 Å². The first-order valence-electron chi connectivity index (χ1n) is 14.9. The number of carbonyl (C=O) groups is 2. The molecule has 0 aliphatic carbocycles. The molecule has 0 saturated carbocycles. The van der Waals surface area contributed by atoms with Crippen LogP contribution in [-0.2, 0) is 48.8 Å². The minimum Gasteiger partial charge on any atom is -0.507 e. The molecule has 2 aromatic carbocycles. The number of ketones is 1. The summed E-state index contributed by atoms with van der Waals surface area (Å²) in [6, 6.07) is 8.03. The molecule has 0 fully saturated rings. The lowest BCUT2D eigenvalue weighted by atomic mass is 9.76. The maximum Gasteiger partial charge on any atom is 0.313 e. The highest BCUT2D eigenvalue weighted by Crippen LogP contribution is 2.42. The quantitative estimate of drug-likeness (QED) is 0.248. The van der Waals surface area contributed by atoms with Gasteiger partial charge >= 0.3 is 5.97 Å². The van der Waals surface area contributed by atoms with Crippen molar-refractivity contribution in [2.45, 2.75) is 131 Å². The molecule has 0 atom stereocenters. The van der Waals surface area contributed by atoms with Crippen molar-refractivity contribution in [3.8, 4) is 11.5 Å². The van der Waals surface area contributed by atoms with Gasteiger partial charge in [-0.05, 0) is 74.8 Å². The van der Waals surface area contributed by atoms with Crippen molar-refractivity contribution < 1.29 is 24.5 Å². The molecule has 5 heteroatoms. The van der Waals surface area contributed by atoms with E-state index in [1.165, 1.54) is 0 Å². The largest absolute Gasteiger partial charge is 0.507 e. The minimum atomic E-state index is -0.518. The highest BCUT2D eigenvalue weighted by molar-refractivity contribution is 5.97. The van der Waals surface area contributed by atoms with E-state index < -0.39 is 11.9 Å². The van der Waals surface area contributed by atoms with Crippen molar-refractivity contribution in [1.82, 2.24) is 0 Å². The monoisotopic (exact) mass is 566 g/mol. The molecular formula is C36H54O5. The Labute approximate surface area is 248 Å². The normalized spacial score (nSPS) is 13.0. The molecular weight excluding hydrogens is 512 g/mol. The van der Waals surface area contributed by atoms with Crippen LogP contribution in [0.25, 0.3) is 0 Å². The van der Waals surface area contributed by atoms with Crippen molar-refractivity contribution >= 4 is 11.8 Å². The number of rotatable bonds is 8. The molecule has 2 N–H and O–H groups in total. The Morgan fingerprint density at radius 2 is 0.927 bits per heavy atom. The van der Waals surface area contributed by atoms with Gasteiger partial charge in [0.05, 0.1) is 6.61 Å². The lowest BCUT2D eigenvalue weighted by Crippen LogP contribution is -2.25. The molecule has 0 saturated heterocycles. The Hall–Kier alpha value is -2.82. The average Bonchev–Trinajstić information content (AvgIpc) is 2.77. The van der Waals surface area contributed by atoms with E-state index in [-0.39, 0.29) is 40.5 Å². The fourth-order valence-corrected chi connectivity index (χ4v) is 5.28. The summed E-state index contributed by atoms with van der Waals surface area (Å²) >= 11 is 0. The van der Waals surface area contributed by atoms with Crippen LogP contribution in [0.4, 0.5) is 0 Å². The van der Waals surface area contributed by atoms with Gasteiger partial charge in [0, 0.05) is 5.92 Å². The van der Waals surface area contributed by atoms with Crippen LogP contribution < -0.4 is 0 Å². The summed E-state index contributed by atoms with van der Waals surface area (Å²) < 4.78 is 5.12. The number of aromatic hydroxyl groups is 2. The van der Waals surface area contributed by atoms with E-state index in [0.717, 1.165) is 33.4 Å². The van der Waals surface area contributed by atoms with Gasteiger partial charge in [-0.1, -0.05) is 107 Å². The number of hydrogen-bond acceptors (Lipinski definition) is 5. The Balaban J connectivity index is 2.72. The van der Waals surface area contributed by atoms with Gasteiger partial charge in [-0.3, -0.25) is 9.59 Å². The lowest BCUT2D eigenvalue weighted by molar-refractivity contribution is -0.146. The predicted octanol–water partition coefficient (Wildman–Crippen LogP) is 8.21. The second kappa shape index (κ2) is 12.2. The number of phenols is 2. The summed E-state index contributed by atoms with van der Waals surface area (Å²) in [6.07, 6.45) is 0.549. The molecule has 0 aliphatic rings. The molecule has 0 amide bonds. The Kier molecular flexibility index (Phi) is 10.2. The molecule has 5 nitrogen and oxygen atoms in total. The Morgan fingerprint density at radius 3 is 1.17 bits per heavy atom. The third kappa shape index (κ3) is 8.83. The van der Waals surface area contributed by atoms with Crippen molar-refractivity contribution in [3.05, 3.63) is 57.6 Å². The average molecular weight is 567 g/mol. The van der Waals surface area contributed by atoms with Crippen molar-refractivity contribution in [2.75, 3.05) is 6.61 Å². The molecule has 41 heavy (non-hydrogen) atoms. The van der Waals surface area contributed by atoms with E-state index in [1.54, 1.807) is 6.92 Å². The number of ether oxygens (including phenoxy) is 1. The number of Topliss-reactive ketones (excluding diaryl/α,β-unsaturated/α-hetero) is 1. The molecule has 0 heterocycles. The Morgan fingerprint density at radius 1 is 0.634 bits per heavy atom. The van der Waals surface area contributed by atoms with Gasteiger partial charge in [-0.2, -0.15) is 0 Å². The standard InChI is InChI=1S/C36H54O5/c1-14-41-30(38)21-29(37)24(15-22-17-25(33(2,3)4)31(39)26(18-22)34(5,6)7)16-23-19-27(35(8,9)10)32(40)28(20-23)36(11,12)13/h17-20,24,39-40H,14-16,21H2,1-13H3. The molecule has 0 radical (unpaired) electrons. The van der Waals surface area contributed by atoms with Crippen LogP contribution in [0.1, 0.15) is 130 Å². The number of hydrogen-bond donors (Lipinski definition) is 2. The first-order chi connectivity index (χ1) is 18.5. The van der Waals surface area contributed by atoms with E-state index in [1.807, 2.05) is 24.3 Å². The molecule has 0 spiro atoms. The SMILES string of the molecule is CCOC(=O)CC(=O)C(Cc1cc(C(C)(C)C)c(O)c(C(C)(C)C)c1)Cc1cc(C(C)(C)C)c(O)c(C(C)(C)C)c1. The topological polar surface area (TPSA) is 83.8 Å². The van der Waals surface area contributed by atoms with Gasteiger partial charge in [-0.25, -0.2) is 0 Å². The highest BCUT2D eigenvalue weighted by Gasteiger charge is 2.31. The van der Waals surface area contributed by atoms with E-state index in [4.69, 9.17) is 4.74 Å². The fraction of sp³-hybridized carbons (Fsp3) is 0.611. The fourth-order valence-electron chi connectivity index (χ4n) is 5.28. The molecule has 0 aromatic heterocycles. The van der Waals surface area contributed by atoms with Gasteiger partial charge in [0.1, 0.15) is 23.7 Å². The van der Waals surface area contributed by atoms with Gasteiger partial charge < -0.3 is 14.9 Å². The molecule has 228 valence electrons. The third-order valence-corrected chi connectivity index (χ3v) is 7.61. The first-order valence-corrected chi connectivity index (χ1v) is 14.9.